The Labute approximate surface area is 189 Å². The van der Waals surface area contributed by atoms with Crippen molar-refractivity contribution < 1.29 is 19.3 Å². The number of phenolic OH excluding ortho intramolecular Hbond substituents is 1. The van der Waals surface area contributed by atoms with E-state index in [1.807, 2.05) is 6.92 Å². The van der Waals surface area contributed by atoms with Gasteiger partial charge >= 0.3 is 0 Å². The van der Waals surface area contributed by atoms with Crippen LogP contribution in [0.5, 0.6) is 11.5 Å². The number of hydrogen-bond donors (Lipinski definition) is 3. The molecule has 0 atom stereocenters. The molecular weight excluding hydrogens is 430 g/mol. The van der Waals surface area contributed by atoms with Gasteiger partial charge in [-0.05, 0) is 66.9 Å². The number of carbonyl (C=O) groups is 1. The quantitative estimate of drug-likeness (QED) is 0.330. The number of anilines is 1. The van der Waals surface area contributed by atoms with E-state index in [1.165, 1.54) is 23.4 Å². The highest BCUT2D eigenvalue weighted by Crippen LogP contribution is 2.26. The molecule has 1 aliphatic rings. The summed E-state index contributed by atoms with van der Waals surface area (Å²) in [4.78, 5) is 15.1. The highest BCUT2D eigenvalue weighted by molar-refractivity contribution is 5.94. The molecule has 0 bridgehead atoms. The zero-order valence-electron chi connectivity index (χ0n) is 18.1. The van der Waals surface area contributed by atoms with Crippen LogP contribution in [-0.2, 0) is 6.54 Å². The first-order valence-corrected chi connectivity index (χ1v) is 10.6. The lowest BCUT2D eigenvalue weighted by atomic mass is 10.1. The number of piperidine rings is 1. The van der Waals surface area contributed by atoms with Crippen LogP contribution in [0.2, 0.25) is 0 Å². The number of phenols is 1. The second-order valence-corrected chi connectivity index (χ2v) is 7.47. The molecule has 1 fully saturated rings. The lowest BCUT2D eigenvalue weighted by Gasteiger charge is -2.26. The third kappa shape index (κ3) is 5.09. The van der Waals surface area contributed by atoms with Crippen molar-refractivity contribution in [1.82, 2.24) is 35.6 Å². The highest BCUT2D eigenvalue weighted by atomic mass is 16.6. The summed E-state index contributed by atoms with van der Waals surface area (Å²) in [5, 5.41) is 29.3. The Morgan fingerprint density at radius 3 is 2.88 bits per heavy atom. The van der Waals surface area contributed by atoms with E-state index in [0.717, 1.165) is 25.9 Å². The maximum absolute atomic E-state index is 12.9. The van der Waals surface area contributed by atoms with Crippen LogP contribution in [-0.4, -0.2) is 67.1 Å². The zero-order valence-corrected chi connectivity index (χ0v) is 18.1. The molecule has 3 heterocycles. The molecule has 2 aromatic heterocycles. The fourth-order valence-corrected chi connectivity index (χ4v) is 3.56. The number of hydrogen-bond acceptors (Lipinski definition) is 11. The first kappa shape index (κ1) is 22.2. The molecule has 0 aliphatic carbocycles. The van der Waals surface area contributed by atoms with Crippen LogP contribution in [0.3, 0.4) is 0 Å². The number of nitrogen functional groups attached to an aromatic ring is 1. The van der Waals surface area contributed by atoms with Crippen LogP contribution >= 0.6 is 0 Å². The van der Waals surface area contributed by atoms with Gasteiger partial charge in [-0.1, -0.05) is 11.6 Å². The van der Waals surface area contributed by atoms with Gasteiger partial charge in [0.2, 0.25) is 11.6 Å². The van der Waals surface area contributed by atoms with Crippen LogP contribution in [0.15, 0.2) is 27.9 Å². The minimum absolute atomic E-state index is 0.0265. The number of hydrazone groups is 1. The number of rotatable bonds is 8. The third-order valence-corrected chi connectivity index (χ3v) is 5.16. The van der Waals surface area contributed by atoms with Gasteiger partial charge < -0.3 is 15.6 Å². The predicted molar refractivity (Wildman–Crippen MR) is 117 cm³/mol. The van der Waals surface area contributed by atoms with Crippen LogP contribution in [0.25, 0.3) is 5.82 Å². The third-order valence-electron chi connectivity index (χ3n) is 5.16. The van der Waals surface area contributed by atoms with Gasteiger partial charge in [0.05, 0.1) is 18.5 Å². The molecule has 1 saturated heterocycles. The van der Waals surface area contributed by atoms with Gasteiger partial charge in [0, 0.05) is 6.54 Å². The minimum Gasteiger partial charge on any atom is -0.504 e. The van der Waals surface area contributed by atoms with Gasteiger partial charge in [0.15, 0.2) is 17.2 Å². The molecule has 0 unspecified atom stereocenters. The molecule has 0 spiro atoms. The van der Waals surface area contributed by atoms with E-state index < -0.39 is 5.91 Å². The highest BCUT2D eigenvalue weighted by Gasteiger charge is 2.26. The van der Waals surface area contributed by atoms with Crippen molar-refractivity contribution >= 4 is 17.9 Å². The molecule has 4 rings (SSSR count). The van der Waals surface area contributed by atoms with Crippen molar-refractivity contribution in [1.29, 1.82) is 0 Å². The number of aromatic nitrogens is 5. The Morgan fingerprint density at radius 1 is 1.33 bits per heavy atom. The normalized spacial score (nSPS) is 14.6. The number of nitrogens with two attached hydrogens (primary N) is 1. The second-order valence-electron chi connectivity index (χ2n) is 7.47. The molecule has 4 N–H and O–H groups in total. The summed E-state index contributed by atoms with van der Waals surface area (Å²) in [7, 11) is 0. The molecule has 0 radical (unpaired) electrons. The number of ether oxygens (including phenoxy) is 1. The average molecular weight is 455 g/mol. The van der Waals surface area contributed by atoms with Gasteiger partial charge in [-0.3, -0.25) is 9.69 Å². The van der Waals surface area contributed by atoms with Gasteiger partial charge in [-0.25, -0.2) is 10.1 Å². The van der Waals surface area contributed by atoms with Gasteiger partial charge in [-0.2, -0.15) is 9.78 Å². The molecule has 13 nitrogen and oxygen atoms in total. The maximum atomic E-state index is 12.9. The number of benzene rings is 1. The molecule has 1 aliphatic heterocycles. The molecule has 1 amide bonds. The number of amides is 1. The van der Waals surface area contributed by atoms with E-state index in [2.05, 4.69) is 40.7 Å². The average Bonchev–Trinajstić information content (AvgIpc) is 3.42. The van der Waals surface area contributed by atoms with Gasteiger partial charge in [-0.15, -0.1) is 5.10 Å². The first-order chi connectivity index (χ1) is 16.1. The van der Waals surface area contributed by atoms with Crippen LogP contribution in [0.1, 0.15) is 47.9 Å². The van der Waals surface area contributed by atoms with Crippen LogP contribution in [0, 0.1) is 0 Å². The smallest absolute Gasteiger partial charge is 0.293 e. The lowest BCUT2D eigenvalue weighted by molar-refractivity contribution is 0.0947. The number of carbonyl (C=O) groups excluding carboxylic acids is 1. The molecule has 174 valence electrons. The van der Waals surface area contributed by atoms with Gasteiger partial charge in [0.1, 0.15) is 0 Å². The molecule has 0 saturated carbocycles. The summed E-state index contributed by atoms with van der Waals surface area (Å²) in [6, 6.07) is 4.76. The maximum Gasteiger partial charge on any atom is 0.293 e. The summed E-state index contributed by atoms with van der Waals surface area (Å²) in [5.74, 6) is 0.0344. The standard InChI is InChI=1S/C20H25N9O4/c1-2-32-16-10-13(6-7-15(16)30)11-22-24-20(31)17-14(12-28-8-4-3-5-9-28)29(27-23-17)19-18(21)25-33-26-19/h6-7,10-11,30H,2-5,8-9,12H2,1H3,(H2,21,25)(H,24,31)/b22-11-. The largest absolute Gasteiger partial charge is 0.504 e. The molecule has 33 heavy (non-hydrogen) atoms. The number of aromatic hydroxyl groups is 1. The minimum atomic E-state index is -0.539. The fraction of sp³-hybridized carbons (Fsp3) is 0.400. The molecule has 13 heteroatoms. The van der Waals surface area contributed by atoms with Crippen molar-refractivity contribution in [3.05, 3.63) is 35.2 Å². The van der Waals surface area contributed by atoms with Crippen LogP contribution < -0.4 is 15.9 Å². The Morgan fingerprint density at radius 2 is 2.15 bits per heavy atom. The Hall–Kier alpha value is -4.00. The summed E-state index contributed by atoms with van der Waals surface area (Å²) in [6.45, 7) is 4.46. The van der Waals surface area contributed by atoms with Crippen molar-refractivity contribution in [2.45, 2.75) is 32.7 Å². The van der Waals surface area contributed by atoms with Crippen molar-refractivity contribution in [2.75, 3.05) is 25.4 Å². The molecule has 1 aromatic carbocycles. The van der Waals surface area contributed by atoms with E-state index in [4.69, 9.17) is 10.5 Å². The van der Waals surface area contributed by atoms with E-state index in [9.17, 15) is 9.90 Å². The number of likely N-dealkylation sites (tertiary alicyclic amines) is 1. The fourth-order valence-electron chi connectivity index (χ4n) is 3.56. The van der Waals surface area contributed by atoms with E-state index in [1.54, 1.807) is 12.1 Å². The molecule has 3 aromatic rings. The zero-order chi connectivity index (χ0) is 23.2. The van der Waals surface area contributed by atoms with E-state index in [0.29, 0.717) is 30.2 Å². The SMILES string of the molecule is CCOc1cc(/C=N\NC(=O)c2nnn(-c3nonc3N)c2CN2CCCCC2)ccc1O. The Balaban J connectivity index is 1.54. The summed E-state index contributed by atoms with van der Waals surface area (Å²) in [6.07, 6.45) is 4.78. The lowest BCUT2D eigenvalue weighted by Crippen LogP contribution is -2.31. The second kappa shape index (κ2) is 10.1. The number of nitrogens with one attached hydrogen (secondary N) is 1. The van der Waals surface area contributed by atoms with E-state index >= 15 is 0 Å². The summed E-state index contributed by atoms with van der Waals surface area (Å²) >= 11 is 0. The van der Waals surface area contributed by atoms with Crippen molar-refractivity contribution in [3.63, 3.8) is 0 Å². The molecular formula is C20H25N9O4. The van der Waals surface area contributed by atoms with Crippen molar-refractivity contribution in [2.24, 2.45) is 5.10 Å². The first-order valence-electron chi connectivity index (χ1n) is 10.6. The summed E-state index contributed by atoms with van der Waals surface area (Å²) < 4.78 is 11.4. The monoisotopic (exact) mass is 455 g/mol. The summed E-state index contributed by atoms with van der Waals surface area (Å²) in [5.41, 5.74) is 9.54. The van der Waals surface area contributed by atoms with Gasteiger partial charge in [0.25, 0.3) is 5.91 Å². The predicted octanol–water partition coefficient (Wildman–Crippen LogP) is 1.09. The van der Waals surface area contributed by atoms with Crippen molar-refractivity contribution in [3.8, 4) is 17.3 Å². The topological polar surface area (TPSA) is 170 Å². The Kier molecular flexibility index (Phi) is 6.78. The number of nitrogens with zero attached hydrogens (tertiary/aromatic N) is 7. The van der Waals surface area contributed by atoms with E-state index in [-0.39, 0.29) is 23.1 Å². The van der Waals surface area contributed by atoms with Crippen LogP contribution in [0.4, 0.5) is 5.82 Å². The Bertz CT molecular complexity index is 1130.